The van der Waals surface area contributed by atoms with Crippen molar-refractivity contribution in [3.8, 4) is 5.75 Å². The number of aliphatic imine (C=N–C) groups is 1. The number of nitrogens with zero attached hydrogens (tertiary/aromatic N) is 3. The molecule has 1 amide bonds. The molecule has 5 heteroatoms. The molecule has 2 aromatic rings. The average molecular weight is 293 g/mol. The van der Waals surface area contributed by atoms with Gasteiger partial charge in [-0.1, -0.05) is 18.2 Å². The van der Waals surface area contributed by atoms with Gasteiger partial charge in [0.1, 0.15) is 17.3 Å². The van der Waals surface area contributed by atoms with Crippen LogP contribution in [0.25, 0.3) is 6.08 Å². The number of carbonyl (C=O) groups is 1. The van der Waals surface area contributed by atoms with E-state index in [-0.39, 0.29) is 11.7 Å². The average Bonchev–Trinajstić information content (AvgIpc) is 2.78. The maximum atomic E-state index is 12.5. The number of hydrogen-bond donors (Lipinski definition) is 1. The molecule has 0 radical (unpaired) electrons. The molecule has 0 saturated heterocycles. The number of hydrogen-bond acceptors (Lipinski definition) is 4. The van der Waals surface area contributed by atoms with Crippen molar-refractivity contribution in [3.05, 3.63) is 65.6 Å². The summed E-state index contributed by atoms with van der Waals surface area (Å²) in [4.78, 5) is 22.4. The lowest BCUT2D eigenvalue weighted by molar-refractivity contribution is -0.123. The summed E-state index contributed by atoms with van der Waals surface area (Å²) in [5.41, 5.74) is 1.89. The highest BCUT2D eigenvalue weighted by atomic mass is 16.3. The molecular weight excluding hydrogens is 278 g/mol. The van der Waals surface area contributed by atoms with Crippen LogP contribution in [0.2, 0.25) is 0 Å². The molecule has 1 aliphatic heterocycles. The van der Waals surface area contributed by atoms with E-state index < -0.39 is 0 Å². The van der Waals surface area contributed by atoms with E-state index in [0.717, 1.165) is 5.56 Å². The minimum absolute atomic E-state index is 0.128. The first-order valence-corrected chi connectivity index (χ1v) is 6.91. The zero-order valence-electron chi connectivity index (χ0n) is 12.1. The van der Waals surface area contributed by atoms with E-state index in [9.17, 15) is 9.90 Å². The van der Waals surface area contributed by atoms with Crippen molar-refractivity contribution in [1.29, 1.82) is 0 Å². The largest absolute Gasteiger partial charge is 0.507 e. The van der Waals surface area contributed by atoms with Crippen molar-refractivity contribution < 1.29 is 9.90 Å². The maximum Gasteiger partial charge on any atom is 0.278 e. The van der Waals surface area contributed by atoms with Crippen LogP contribution in [0.3, 0.4) is 0 Å². The van der Waals surface area contributed by atoms with Gasteiger partial charge in [0.25, 0.3) is 5.91 Å². The van der Waals surface area contributed by atoms with Gasteiger partial charge in [-0.15, -0.1) is 0 Å². The number of carbonyl (C=O) groups excluding carboxylic acids is 1. The van der Waals surface area contributed by atoms with E-state index >= 15 is 0 Å². The number of phenolic OH excluding ortho intramolecular Hbond substituents is 1. The fraction of sp³-hybridized carbons (Fsp3) is 0.118. The molecule has 0 fully saturated rings. The van der Waals surface area contributed by atoms with Crippen LogP contribution in [0, 0.1) is 0 Å². The van der Waals surface area contributed by atoms with E-state index in [1.807, 2.05) is 12.1 Å². The van der Waals surface area contributed by atoms with Crippen molar-refractivity contribution in [2.24, 2.45) is 4.99 Å². The van der Waals surface area contributed by atoms with Gasteiger partial charge in [-0.3, -0.25) is 14.7 Å². The van der Waals surface area contributed by atoms with E-state index in [0.29, 0.717) is 23.6 Å². The molecule has 3 rings (SSSR count). The Balaban J connectivity index is 1.86. The lowest BCUT2D eigenvalue weighted by atomic mass is 10.1. The number of amidine groups is 1. The quantitative estimate of drug-likeness (QED) is 0.885. The third-order valence-electron chi connectivity index (χ3n) is 3.46. The molecule has 1 N–H and O–H groups in total. The smallest absolute Gasteiger partial charge is 0.278 e. The van der Waals surface area contributed by atoms with Gasteiger partial charge in [0.2, 0.25) is 0 Å². The molecule has 0 unspecified atom stereocenters. The summed E-state index contributed by atoms with van der Waals surface area (Å²) in [5.74, 6) is 0.601. The summed E-state index contributed by atoms with van der Waals surface area (Å²) in [6.07, 6.45) is 5.00. The van der Waals surface area contributed by atoms with E-state index in [1.54, 1.807) is 54.6 Å². The second-order valence-electron chi connectivity index (χ2n) is 4.99. The van der Waals surface area contributed by atoms with Crippen LogP contribution in [0.15, 0.2) is 59.5 Å². The first kappa shape index (κ1) is 14.0. The number of rotatable bonds is 3. The van der Waals surface area contributed by atoms with Crippen LogP contribution >= 0.6 is 0 Å². The van der Waals surface area contributed by atoms with Crippen molar-refractivity contribution in [2.75, 3.05) is 0 Å². The summed E-state index contributed by atoms with van der Waals surface area (Å²) in [7, 11) is 0. The van der Waals surface area contributed by atoms with Gasteiger partial charge < -0.3 is 5.11 Å². The summed E-state index contributed by atoms with van der Waals surface area (Å²) < 4.78 is 0. The number of phenols is 1. The number of pyridine rings is 1. The summed E-state index contributed by atoms with van der Waals surface area (Å²) >= 11 is 0. The van der Waals surface area contributed by atoms with Crippen molar-refractivity contribution >= 4 is 17.8 Å². The predicted molar refractivity (Wildman–Crippen MR) is 84.0 cm³/mol. The minimum Gasteiger partial charge on any atom is -0.507 e. The SMILES string of the molecule is CC1=N/C(=C/c2ccccc2O)C(=O)N1Cc1ccncc1. The normalized spacial score (nSPS) is 16.2. The van der Waals surface area contributed by atoms with Crippen molar-refractivity contribution in [1.82, 2.24) is 9.88 Å². The molecule has 1 aromatic carbocycles. The van der Waals surface area contributed by atoms with Gasteiger partial charge in [0, 0.05) is 18.0 Å². The topological polar surface area (TPSA) is 65.8 Å². The zero-order chi connectivity index (χ0) is 15.5. The van der Waals surface area contributed by atoms with E-state index in [4.69, 9.17) is 0 Å². The van der Waals surface area contributed by atoms with Crippen LogP contribution in [-0.2, 0) is 11.3 Å². The highest BCUT2D eigenvalue weighted by Crippen LogP contribution is 2.24. The van der Waals surface area contributed by atoms with Crippen molar-refractivity contribution in [2.45, 2.75) is 13.5 Å². The van der Waals surface area contributed by atoms with Gasteiger partial charge in [-0.2, -0.15) is 0 Å². The molecule has 0 spiro atoms. The summed E-state index contributed by atoms with van der Waals surface area (Å²) in [6, 6.07) is 10.6. The Bertz CT molecular complexity index is 766. The Morgan fingerprint density at radius 1 is 1.18 bits per heavy atom. The van der Waals surface area contributed by atoms with E-state index in [1.165, 1.54) is 0 Å². The molecule has 0 bridgehead atoms. The third-order valence-corrected chi connectivity index (χ3v) is 3.46. The Morgan fingerprint density at radius 2 is 1.91 bits per heavy atom. The van der Waals surface area contributed by atoms with Gasteiger partial charge in [-0.05, 0) is 36.8 Å². The molecule has 0 atom stereocenters. The van der Waals surface area contributed by atoms with Gasteiger partial charge in [0.15, 0.2) is 0 Å². The summed E-state index contributed by atoms with van der Waals surface area (Å²) in [6.45, 7) is 2.25. The van der Waals surface area contributed by atoms with Crippen LogP contribution in [0.5, 0.6) is 5.75 Å². The predicted octanol–water partition coefficient (Wildman–Crippen LogP) is 2.59. The third kappa shape index (κ3) is 2.74. The molecule has 22 heavy (non-hydrogen) atoms. The van der Waals surface area contributed by atoms with Crippen LogP contribution in [0.1, 0.15) is 18.1 Å². The van der Waals surface area contributed by atoms with Gasteiger partial charge in [-0.25, -0.2) is 4.99 Å². The minimum atomic E-state index is -0.169. The second kappa shape index (κ2) is 5.81. The molecular formula is C17H15N3O2. The second-order valence-corrected chi connectivity index (χ2v) is 4.99. The lowest BCUT2D eigenvalue weighted by Gasteiger charge is -2.15. The van der Waals surface area contributed by atoms with Gasteiger partial charge >= 0.3 is 0 Å². The van der Waals surface area contributed by atoms with Crippen molar-refractivity contribution in [3.63, 3.8) is 0 Å². The standard InChI is InChI=1S/C17H15N3O2/c1-12-19-15(10-14-4-2-3-5-16(14)21)17(22)20(12)11-13-6-8-18-9-7-13/h2-10,21H,11H2,1H3/b15-10+. The number of aromatic nitrogens is 1. The highest BCUT2D eigenvalue weighted by molar-refractivity contribution is 6.13. The molecule has 0 saturated carbocycles. The Morgan fingerprint density at radius 3 is 2.64 bits per heavy atom. The van der Waals surface area contributed by atoms with Crippen LogP contribution < -0.4 is 0 Å². The van der Waals surface area contributed by atoms with E-state index in [2.05, 4.69) is 9.98 Å². The van der Waals surface area contributed by atoms with Gasteiger partial charge in [0.05, 0.1) is 6.54 Å². The molecule has 110 valence electrons. The monoisotopic (exact) mass is 293 g/mol. The number of aromatic hydroxyl groups is 1. The Labute approximate surface area is 128 Å². The Kier molecular flexibility index (Phi) is 3.70. The number of amides is 1. The first-order valence-electron chi connectivity index (χ1n) is 6.91. The fourth-order valence-electron chi connectivity index (χ4n) is 2.28. The number of benzene rings is 1. The number of para-hydroxylation sites is 1. The molecule has 1 aliphatic rings. The zero-order valence-corrected chi connectivity index (χ0v) is 12.1. The molecule has 2 heterocycles. The highest BCUT2D eigenvalue weighted by Gasteiger charge is 2.27. The van der Waals surface area contributed by atoms with Crippen LogP contribution in [-0.4, -0.2) is 26.7 Å². The van der Waals surface area contributed by atoms with Crippen LogP contribution in [0.4, 0.5) is 0 Å². The fourth-order valence-corrected chi connectivity index (χ4v) is 2.28. The molecule has 1 aromatic heterocycles. The molecule has 0 aliphatic carbocycles. The first-order chi connectivity index (χ1) is 10.6. The molecule has 5 nitrogen and oxygen atoms in total. The Hall–Kier alpha value is -2.95. The maximum absolute atomic E-state index is 12.5. The summed E-state index contributed by atoms with van der Waals surface area (Å²) in [5, 5.41) is 9.80. The lowest BCUT2D eigenvalue weighted by Crippen LogP contribution is -2.29.